The van der Waals surface area contributed by atoms with Gasteiger partial charge in [-0.1, -0.05) is 6.92 Å². The lowest BCUT2D eigenvalue weighted by Gasteiger charge is -2.14. The van der Waals surface area contributed by atoms with Crippen LogP contribution in [-0.2, 0) is 10.0 Å². The molecule has 1 aromatic heterocycles. The molecular formula is C10H16ClNO2S2. The molecule has 0 radical (unpaired) electrons. The van der Waals surface area contributed by atoms with Crippen molar-refractivity contribution in [2.24, 2.45) is 0 Å². The van der Waals surface area contributed by atoms with E-state index in [0.29, 0.717) is 16.5 Å². The normalized spacial score (nSPS) is 13.9. The van der Waals surface area contributed by atoms with Gasteiger partial charge in [0.15, 0.2) is 0 Å². The molecule has 3 nitrogen and oxygen atoms in total. The van der Waals surface area contributed by atoms with Crippen LogP contribution in [-0.4, -0.2) is 20.3 Å². The van der Waals surface area contributed by atoms with Gasteiger partial charge < -0.3 is 0 Å². The van der Waals surface area contributed by atoms with Crippen LogP contribution < -0.4 is 4.72 Å². The Bertz CT molecular complexity index is 428. The second kappa shape index (κ2) is 6.00. The molecule has 0 saturated carbocycles. The molecule has 0 amide bonds. The molecule has 6 heteroatoms. The largest absolute Gasteiger partial charge is 0.250 e. The van der Waals surface area contributed by atoms with Crippen molar-refractivity contribution in [2.75, 3.05) is 5.88 Å². The molecule has 0 fully saturated rings. The Kier molecular flexibility index (Phi) is 5.24. The molecule has 1 heterocycles. The Hall–Kier alpha value is -0.100. The second-order valence-electron chi connectivity index (χ2n) is 3.57. The highest BCUT2D eigenvalue weighted by molar-refractivity contribution is 7.91. The number of rotatable bonds is 6. The minimum atomic E-state index is -3.36. The molecule has 0 saturated heterocycles. The van der Waals surface area contributed by atoms with E-state index in [1.807, 2.05) is 19.9 Å². The highest BCUT2D eigenvalue weighted by Crippen LogP contribution is 2.21. The summed E-state index contributed by atoms with van der Waals surface area (Å²) in [6, 6.07) is 3.36. The van der Waals surface area contributed by atoms with Gasteiger partial charge in [0.25, 0.3) is 0 Å². The average Bonchev–Trinajstić information content (AvgIpc) is 2.64. The van der Waals surface area contributed by atoms with Crippen LogP contribution in [0.3, 0.4) is 0 Å². The molecule has 0 aliphatic heterocycles. The number of alkyl halides is 1. The number of aryl methyl sites for hydroxylation is 1. The highest BCUT2D eigenvalue weighted by Gasteiger charge is 2.19. The topological polar surface area (TPSA) is 46.2 Å². The van der Waals surface area contributed by atoms with Crippen LogP contribution in [0.1, 0.15) is 24.6 Å². The Labute approximate surface area is 106 Å². The lowest BCUT2D eigenvalue weighted by Crippen LogP contribution is -2.34. The first-order chi connectivity index (χ1) is 7.49. The Morgan fingerprint density at radius 2 is 2.19 bits per heavy atom. The van der Waals surface area contributed by atoms with Gasteiger partial charge in [-0.05, 0) is 31.9 Å². The van der Waals surface area contributed by atoms with E-state index in [1.54, 1.807) is 6.07 Å². The summed E-state index contributed by atoms with van der Waals surface area (Å²) in [5, 5.41) is 0. The van der Waals surface area contributed by atoms with Gasteiger partial charge in [0.05, 0.1) is 0 Å². The molecule has 1 atom stereocenters. The summed E-state index contributed by atoms with van der Waals surface area (Å²) in [6.45, 7) is 3.83. The molecule has 1 rings (SSSR count). The number of hydrogen-bond donors (Lipinski definition) is 1. The summed E-state index contributed by atoms with van der Waals surface area (Å²) in [5.41, 5.74) is 0. The predicted octanol–water partition coefficient (Wildman–Crippen LogP) is 2.74. The smallest absolute Gasteiger partial charge is 0.207 e. The SMILES string of the molecule is CCC(CCCl)NS(=O)(=O)c1ccc(C)s1. The first-order valence-electron chi connectivity index (χ1n) is 5.14. The lowest BCUT2D eigenvalue weighted by molar-refractivity contribution is 0.533. The third kappa shape index (κ3) is 3.73. The minimum absolute atomic E-state index is 0.0788. The fraction of sp³-hybridized carbons (Fsp3) is 0.600. The first-order valence-corrected chi connectivity index (χ1v) is 7.97. The van der Waals surface area contributed by atoms with Crippen molar-refractivity contribution in [1.29, 1.82) is 0 Å². The van der Waals surface area contributed by atoms with E-state index in [-0.39, 0.29) is 6.04 Å². The van der Waals surface area contributed by atoms with Crippen LogP contribution in [0.15, 0.2) is 16.3 Å². The van der Waals surface area contributed by atoms with Gasteiger partial charge in [-0.25, -0.2) is 13.1 Å². The summed E-state index contributed by atoms with van der Waals surface area (Å²) in [6.07, 6.45) is 1.40. The maximum absolute atomic E-state index is 11.9. The van der Waals surface area contributed by atoms with E-state index in [4.69, 9.17) is 11.6 Å². The summed E-state index contributed by atoms with van der Waals surface area (Å²) in [7, 11) is -3.36. The predicted molar refractivity (Wildman–Crippen MR) is 68.8 cm³/mol. The van der Waals surface area contributed by atoms with Crippen molar-refractivity contribution in [1.82, 2.24) is 4.72 Å². The monoisotopic (exact) mass is 281 g/mol. The maximum Gasteiger partial charge on any atom is 0.250 e. The van der Waals surface area contributed by atoms with Crippen LogP contribution in [0.2, 0.25) is 0 Å². The molecule has 0 bridgehead atoms. The molecule has 1 unspecified atom stereocenters. The van der Waals surface area contributed by atoms with E-state index < -0.39 is 10.0 Å². The summed E-state index contributed by atoms with van der Waals surface area (Å²) in [4.78, 5) is 0.991. The van der Waals surface area contributed by atoms with E-state index in [9.17, 15) is 8.42 Å². The molecule has 1 N–H and O–H groups in total. The van der Waals surface area contributed by atoms with Crippen LogP contribution in [0, 0.1) is 6.92 Å². The van der Waals surface area contributed by atoms with Gasteiger partial charge in [0.2, 0.25) is 10.0 Å². The van der Waals surface area contributed by atoms with Gasteiger partial charge >= 0.3 is 0 Å². The second-order valence-corrected chi connectivity index (χ2v) is 7.18. The Morgan fingerprint density at radius 3 is 2.62 bits per heavy atom. The zero-order valence-corrected chi connectivity index (χ0v) is 11.8. The molecule has 0 aromatic carbocycles. The minimum Gasteiger partial charge on any atom is -0.207 e. The molecule has 92 valence electrons. The van der Waals surface area contributed by atoms with E-state index in [1.165, 1.54) is 11.3 Å². The third-order valence-corrected chi connectivity index (χ3v) is 5.48. The van der Waals surface area contributed by atoms with Crippen molar-refractivity contribution in [3.05, 3.63) is 17.0 Å². The number of halogens is 1. The van der Waals surface area contributed by atoms with Crippen LogP contribution in [0.25, 0.3) is 0 Å². The Morgan fingerprint density at radius 1 is 1.50 bits per heavy atom. The van der Waals surface area contributed by atoms with Crippen molar-refractivity contribution in [3.63, 3.8) is 0 Å². The van der Waals surface area contributed by atoms with Crippen LogP contribution >= 0.6 is 22.9 Å². The molecule has 16 heavy (non-hydrogen) atoms. The summed E-state index contributed by atoms with van der Waals surface area (Å²) >= 11 is 6.90. The van der Waals surface area contributed by atoms with E-state index in [2.05, 4.69) is 4.72 Å². The van der Waals surface area contributed by atoms with Crippen LogP contribution in [0.4, 0.5) is 0 Å². The van der Waals surface area contributed by atoms with Crippen molar-refractivity contribution < 1.29 is 8.42 Å². The van der Waals surface area contributed by atoms with Crippen molar-refractivity contribution >= 4 is 33.0 Å². The van der Waals surface area contributed by atoms with Gasteiger partial charge in [0.1, 0.15) is 4.21 Å². The highest BCUT2D eigenvalue weighted by atomic mass is 35.5. The fourth-order valence-electron chi connectivity index (χ4n) is 1.31. The van der Waals surface area contributed by atoms with Gasteiger partial charge in [-0.15, -0.1) is 22.9 Å². The number of hydrogen-bond acceptors (Lipinski definition) is 3. The Balaban J connectivity index is 2.78. The molecular weight excluding hydrogens is 266 g/mol. The van der Waals surface area contributed by atoms with E-state index >= 15 is 0 Å². The maximum atomic E-state index is 11.9. The standard InChI is InChI=1S/C10H16ClNO2S2/c1-3-9(6-7-11)12-16(13,14)10-5-4-8(2)15-10/h4-5,9,12H,3,6-7H2,1-2H3. The first kappa shape index (κ1) is 14.0. The summed E-state index contributed by atoms with van der Waals surface area (Å²) < 4.78 is 26.9. The zero-order chi connectivity index (χ0) is 12.2. The number of nitrogens with one attached hydrogen (secondary N) is 1. The van der Waals surface area contributed by atoms with Gasteiger partial charge in [0, 0.05) is 16.8 Å². The molecule has 0 aliphatic rings. The number of sulfonamides is 1. The fourth-order valence-corrected chi connectivity index (χ4v) is 4.23. The van der Waals surface area contributed by atoms with Gasteiger partial charge in [-0.2, -0.15) is 0 Å². The quantitative estimate of drug-likeness (QED) is 0.815. The third-order valence-electron chi connectivity index (χ3n) is 2.25. The molecule has 0 aliphatic carbocycles. The van der Waals surface area contributed by atoms with Gasteiger partial charge in [-0.3, -0.25) is 0 Å². The molecule has 1 aromatic rings. The van der Waals surface area contributed by atoms with Crippen molar-refractivity contribution in [3.8, 4) is 0 Å². The number of thiophene rings is 1. The van der Waals surface area contributed by atoms with Crippen LogP contribution in [0.5, 0.6) is 0 Å². The molecule has 0 spiro atoms. The summed E-state index contributed by atoms with van der Waals surface area (Å²) in [5.74, 6) is 0.463. The zero-order valence-electron chi connectivity index (χ0n) is 9.36. The van der Waals surface area contributed by atoms with Crippen molar-refractivity contribution in [2.45, 2.75) is 36.9 Å². The van der Waals surface area contributed by atoms with E-state index in [0.717, 1.165) is 11.3 Å². The lowest BCUT2D eigenvalue weighted by atomic mass is 10.2. The average molecular weight is 282 g/mol.